The van der Waals surface area contributed by atoms with Gasteiger partial charge in [0, 0.05) is 44.3 Å². The van der Waals surface area contributed by atoms with E-state index < -0.39 is 11.7 Å². The molecule has 1 atom stereocenters. The van der Waals surface area contributed by atoms with Crippen LogP contribution in [0.3, 0.4) is 0 Å². The average Bonchev–Trinajstić information content (AvgIpc) is 3.33. The topological polar surface area (TPSA) is 104 Å². The predicted octanol–water partition coefficient (Wildman–Crippen LogP) is 3.03. The van der Waals surface area contributed by atoms with Crippen LogP contribution in [0.4, 0.5) is 10.3 Å². The molecule has 0 aliphatic carbocycles. The van der Waals surface area contributed by atoms with Crippen LogP contribution in [-0.2, 0) is 24.2 Å². The van der Waals surface area contributed by atoms with Gasteiger partial charge in [-0.15, -0.1) is 0 Å². The third-order valence-electron chi connectivity index (χ3n) is 6.54. The van der Waals surface area contributed by atoms with E-state index in [0.29, 0.717) is 35.6 Å². The monoisotopic (exact) mass is 488 g/mol. The quantitative estimate of drug-likeness (QED) is 0.416. The van der Waals surface area contributed by atoms with Crippen LogP contribution >= 0.6 is 0 Å². The summed E-state index contributed by atoms with van der Waals surface area (Å²) in [6.45, 7) is 2.44. The minimum atomic E-state index is -0.598. The molecule has 1 N–H and O–H groups in total. The van der Waals surface area contributed by atoms with Crippen LogP contribution in [0.25, 0.3) is 10.8 Å². The fourth-order valence-corrected chi connectivity index (χ4v) is 4.29. The highest BCUT2D eigenvalue weighted by molar-refractivity contribution is 5.95. The number of fused-ring (bicyclic) bond motifs is 2. The van der Waals surface area contributed by atoms with Gasteiger partial charge in [0.05, 0.1) is 28.9 Å². The Kier molecular flexibility index (Phi) is 6.19. The van der Waals surface area contributed by atoms with Crippen molar-refractivity contribution in [3.63, 3.8) is 0 Å². The lowest BCUT2D eigenvalue weighted by molar-refractivity contribution is 0.0745. The summed E-state index contributed by atoms with van der Waals surface area (Å²) in [6.07, 6.45) is 1.81. The highest BCUT2D eigenvalue weighted by atomic mass is 19.1. The molecule has 1 aliphatic heterocycles. The fraction of sp³-hybridized carbons (Fsp3) is 0.269. The van der Waals surface area contributed by atoms with Gasteiger partial charge in [-0.2, -0.15) is 5.10 Å². The summed E-state index contributed by atoms with van der Waals surface area (Å²) in [5.41, 5.74) is 2.61. The first kappa shape index (κ1) is 23.6. The fourth-order valence-electron chi connectivity index (χ4n) is 4.29. The van der Waals surface area contributed by atoms with Crippen molar-refractivity contribution in [1.29, 1.82) is 0 Å². The molecule has 1 aliphatic rings. The van der Waals surface area contributed by atoms with Crippen LogP contribution in [0.5, 0.6) is 0 Å². The van der Waals surface area contributed by atoms with Gasteiger partial charge in [-0.1, -0.05) is 24.3 Å². The van der Waals surface area contributed by atoms with E-state index in [0.717, 1.165) is 16.6 Å². The van der Waals surface area contributed by atoms with E-state index in [1.807, 2.05) is 26.1 Å². The molecule has 0 saturated carbocycles. The van der Waals surface area contributed by atoms with E-state index in [4.69, 9.17) is 4.74 Å². The maximum Gasteiger partial charge on any atom is 0.272 e. The molecule has 2 aromatic carbocycles. The van der Waals surface area contributed by atoms with E-state index in [2.05, 4.69) is 20.2 Å². The number of nitrogens with zero attached hydrogens (tertiary/aromatic N) is 5. The third kappa shape index (κ3) is 4.31. The van der Waals surface area contributed by atoms with Crippen LogP contribution < -0.4 is 10.5 Å². The van der Waals surface area contributed by atoms with Crippen molar-refractivity contribution in [2.45, 2.75) is 32.7 Å². The lowest BCUT2D eigenvalue weighted by atomic mass is 10.0. The number of hydrogen-bond acceptors (Lipinski definition) is 7. The largest absolute Gasteiger partial charge is 0.362 e. The number of aromatic amines is 1. The van der Waals surface area contributed by atoms with Crippen molar-refractivity contribution in [3.8, 4) is 0 Å². The van der Waals surface area contributed by atoms with E-state index >= 15 is 0 Å². The lowest BCUT2D eigenvalue weighted by Gasteiger charge is -2.23. The second kappa shape index (κ2) is 9.46. The molecule has 0 fully saturated rings. The number of nitrogens with one attached hydrogen (secondary N) is 1. The molecule has 2 aromatic heterocycles. The summed E-state index contributed by atoms with van der Waals surface area (Å²) in [4.78, 5) is 37.7. The van der Waals surface area contributed by atoms with Crippen LogP contribution in [0.2, 0.25) is 0 Å². The van der Waals surface area contributed by atoms with Gasteiger partial charge in [-0.3, -0.25) is 9.59 Å². The third-order valence-corrected chi connectivity index (χ3v) is 6.54. The Hall–Kier alpha value is -4.18. The molecule has 9 nitrogen and oxygen atoms in total. The molecule has 0 bridgehead atoms. The van der Waals surface area contributed by atoms with Crippen molar-refractivity contribution in [2.24, 2.45) is 0 Å². The Morgan fingerprint density at radius 2 is 2.00 bits per heavy atom. The molecule has 4 aromatic rings. The van der Waals surface area contributed by atoms with Crippen LogP contribution in [0.1, 0.15) is 39.8 Å². The first-order chi connectivity index (χ1) is 17.4. The standard InChI is InChI=1S/C26H25FN6O3/c1-15(36-3)32(2)26-28-12-17-13-33(14-23(17)29-26)25(35)20-10-16(8-9-21(20)27)11-22-18-6-4-5-7-19(18)24(34)31-30-22/h4-10,12,15H,11,13-14H2,1-3H3,(H,31,34). The van der Waals surface area contributed by atoms with Crippen molar-refractivity contribution in [3.05, 3.63) is 92.9 Å². The van der Waals surface area contributed by atoms with E-state index in [1.54, 1.807) is 47.4 Å². The molecule has 36 heavy (non-hydrogen) atoms. The highest BCUT2D eigenvalue weighted by Gasteiger charge is 2.28. The number of halogens is 1. The van der Waals surface area contributed by atoms with Crippen molar-refractivity contribution in [2.75, 3.05) is 19.1 Å². The second-order valence-corrected chi connectivity index (χ2v) is 8.79. The zero-order chi connectivity index (χ0) is 25.4. The van der Waals surface area contributed by atoms with Gasteiger partial charge in [-0.05, 0) is 30.7 Å². The number of hydrogen-bond donors (Lipinski definition) is 1. The van der Waals surface area contributed by atoms with E-state index in [-0.39, 0.29) is 23.9 Å². The number of carbonyl (C=O) groups excluding carboxylic acids is 1. The maximum atomic E-state index is 14.8. The maximum absolute atomic E-state index is 14.8. The van der Waals surface area contributed by atoms with Crippen molar-refractivity contribution in [1.82, 2.24) is 25.1 Å². The van der Waals surface area contributed by atoms with Gasteiger partial charge in [0.1, 0.15) is 12.0 Å². The summed E-state index contributed by atoms with van der Waals surface area (Å²) >= 11 is 0. The van der Waals surface area contributed by atoms with Gasteiger partial charge in [-0.25, -0.2) is 19.5 Å². The average molecular weight is 489 g/mol. The number of methoxy groups -OCH3 is 1. The van der Waals surface area contributed by atoms with Gasteiger partial charge in [0.15, 0.2) is 0 Å². The number of H-pyrrole nitrogens is 1. The van der Waals surface area contributed by atoms with Gasteiger partial charge in [0.25, 0.3) is 11.5 Å². The number of benzene rings is 2. The normalized spacial score (nSPS) is 13.6. The molecular weight excluding hydrogens is 463 g/mol. The van der Waals surface area contributed by atoms with Crippen LogP contribution in [-0.4, -0.2) is 51.4 Å². The molecular formula is C26H25FN6O3. The minimum absolute atomic E-state index is 0.0210. The number of ether oxygens (including phenoxy) is 1. The van der Waals surface area contributed by atoms with Crippen LogP contribution in [0, 0.1) is 5.82 Å². The number of amides is 1. The lowest BCUT2D eigenvalue weighted by Crippen LogP contribution is -2.32. The molecule has 10 heteroatoms. The van der Waals surface area contributed by atoms with Gasteiger partial charge >= 0.3 is 0 Å². The summed E-state index contributed by atoms with van der Waals surface area (Å²) in [7, 11) is 3.43. The Morgan fingerprint density at radius 1 is 1.22 bits per heavy atom. The molecule has 5 rings (SSSR count). The predicted molar refractivity (Wildman–Crippen MR) is 132 cm³/mol. The Balaban J connectivity index is 1.38. The summed E-state index contributed by atoms with van der Waals surface area (Å²) < 4.78 is 20.1. The van der Waals surface area contributed by atoms with E-state index in [1.165, 1.54) is 6.07 Å². The summed E-state index contributed by atoms with van der Waals surface area (Å²) in [6, 6.07) is 11.6. The number of rotatable bonds is 6. The number of aromatic nitrogens is 4. The molecule has 184 valence electrons. The summed E-state index contributed by atoms with van der Waals surface area (Å²) in [5.74, 6) is -0.530. The minimum Gasteiger partial charge on any atom is -0.362 e. The molecule has 0 spiro atoms. The van der Waals surface area contributed by atoms with Gasteiger partial charge in [0.2, 0.25) is 5.95 Å². The number of anilines is 1. The van der Waals surface area contributed by atoms with Crippen molar-refractivity contribution < 1.29 is 13.9 Å². The molecule has 3 heterocycles. The second-order valence-electron chi connectivity index (χ2n) is 8.79. The SMILES string of the molecule is COC(C)N(C)c1ncc2c(n1)CN(C(=O)c1cc(Cc3n[nH]c(=O)c4ccccc34)ccc1F)C2. The molecule has 0 saturated heterocycles. The first-order valence-corrected chi connectivity index (χ1v) is 11.5. The first-order valence-electron chi connectivity index (χ1n) is 11.5. The van der Waals surface area contributed by atoms with E-state index in [9.17, 15) is 14.0 Å². The molecule has 0 radical (unpaired) electrons. The smallest absolute Gasteiger partial charge is 0.272 e. The Morgan fingerprint density at radius 3 is 2.78 bits per heavy atom. The molecule has 1 amide bonds. The van der Waals surface area contributed by atoms with Crippen molar-refractivity contribution >= 4 is 22.6 Å². The summed E-state index contributed by atoms with van der Waals surface area (Å²) in [5, 5.41) is 7.95. The van der Waals surface area contributed by atoms with Gasteiger partial charge < -0.3 is 14.5 Å². The number of carbonyl (C=O) groups is 1. The highest BCUT2D eigenvalue weighted by Crippen LogP contribution is 2.26. The Bertz CT molecular complexity index is 1520. The molecule has 1 unspecified atom stereocenters. The van der Waals surface area contributed by atoms with Crippen LogP contribution in [0.15, 0.2) is 53.5 Å². The zero-order valence-electron chi connectivity index (χ0n) is 20.2. The zero-order valence-corrected chi connectivity index (χ0v) is 20.2. The Labute approximate surface area is 206 Å².